The van der Waals surface area contributed by atoms with E-state index in [0.29, 0.717) is 19.2 Å². The number of nitrogens with zero attached hydrogens (tertiary/aromatic N) is 1. The standard InChI is InChI=1S/C20H34N4O3S2/c1-4-28-18-9-6-8-17(14-18)24-20(21-2)22-15-16-7-5-10-19(13-16)29(25,26)23-11-12-27-3/h5,7,10,13,17-18,23H,4,6,8-9,11-12,14-15H2,1-3H3,(H2,21,22,24). The highest BCUT2D eigenvalue weighted by Crippen LogP contribution is 2.28. The van der Waals surface area contributed by atoms with Gasteiger partial charge in [-0.3, -0.25) is 4.99 Å². The first-order valence-electron chi connectivity index (χ1n) is 10.1. The number of thioether (sulfide) groups is 1. The Labute approximate surface area is 179 Å². The molecule has 2 unspecified atom stereocenters. The minimum Gasteiger partial charge on any atom is -0.383 e. The summed E-state index contributed by atoms with van der Waals surface area (Å²) < 4.78 is 32.2. The van der Waals surface area contributed by atoms with Gasteiger partial charge in [0.15, 0.2) is 5.96 Å². The summed E-state index contributed by atoms with van der Waals surface area (Å²) in [6.07, 6.45) is 4.84. The summed E-state index contributed by atoms with van der Waals surface area (Å²) in [7, 11) is -0.239. The molecule has 0 spiro atoms. The fourth-order valence-electron chi connectivity index (χ4n) is 3.42. The van der Waals surface area contributed by atoms with Crippen molar-refractivity contribution in [3.05, 3.63) is 29.8 Å². The molecular weight excluding hydrogens is 408 g/mol. The Balaban J connectivity index is 1.91. The molecule has 1 aromatic rings. The molecule has 0 heterocycles. The van der Waals surface area contributed by atoms with Crippen LogP contribution in [-0.2, 0) is 21.3 Å². The van der Waals surface area contributed by atoms with Gasteiger partial charge in [-0.1, -0.05) is 25.5 Å². The summed E-state index contributed by atoms with van der Waals surface area (Å²) in [6.45, 7) is 3.29. The van der Waals surface area contributed by atoms with E-state index in [4.69, 9.17) is 4.74 Å². The van der Waals surface area contributed by atoms with Crippen LogP contribution in [0.4, 0.5) is 0 Å². The van der Waals surface area contributed by atoms with Gasteiger partial charge in [-0.05, 0) is 42.7 Å². The fourth-order valence-corrected chi connectivity index (χ4v) is 5.68. The number of hydrogen-bond acceptors (Lipinski definition) is 5. The second-order valence-electron chi connectivity index (χ2n) is 7.05. The molecular formula is C20H34N4O3S2. The van der Waals surface area contributed by atoms with E-state index in [-0.39, 0.29) is 11.4 Å². The van der Waals surface area contributed by atoms with Crippen LogP contribution in [0.3, 0.4) is 0 Å². The van der Waals surface area contributed by atoms with Crippen LogP contribution in [0.2, 0.25) is 0 Å². The molecule has 9 heteroatoms. The number of guanidine groups is 1. The van der Waals surface area contributed by atoms with Crippen LogP contribution < -0.4 is 15.4 Å². The Bertz CT molecular complexity index is 754. The molecule has 1 aromatic carbocycles. The lowest BCUT2D eigenvalue weighted by Crippen LogP contribution is -2.45. The molecule has 0 aromatic heterocycles. The average Bonchev–Trinajstić information content (AvgIpc) is 2.72. The maximum Gasteiger partial charge on any atom is 0.240 e. The lowest BCUT2D eigenvalue weighted by Gasteiger charge is -2.30. The van der Waals surface area contributed by atoms with Crippen LogP contribution in [0.25, 0.3) is 0 Å². The number of hydrogen-bond donors (Lipinski definition) is 3. The molecule has 0 bridgehead atoms. The Hall–Kier alpha value is -1.29. The Morgan fingerprint density at radius 1 is 1.34 bits per heavy atom. The lowest BCUT2D eigenvalue weighted by atomic mass is 9.95. The first-order chi connectivity index (χ1) is 14.0. The smallest absolute Gasteiger partial charge is 0.240 e. The Kier molecular flexibility index (Phi) is 10.3. The molecule has 1 fully saturated rings. The summed E-state index contributed by atoms with van der Waals surface area (Å²) in [5.41, 5.74) is 0.880. The summed E-state index contributed by atoms with van der Waals surface area (Å²) in [5.74, 6) is 1.91. The van der Waals surface area contributed by atoms with Crippen molar-refractivity contribution < 1.29 is 13.2 Å². The lowest BCUT2D eigenvalue weighted by molar-refractivity contribution is 0.204. The van der Waals surface area contributed by atoms with Gasteiger partial charge in [-0.2, -0.15) is 11.8 Å². The monoisotopic (exact) mass is 442 g/mol. The van der Waals surface area contributed by atoms with Gasteiger partial charge in [-0.15, -0.1) is 0 Å². The highest BCUT2D eigenvalue weighted by Gasteiger charge is 2.22. The molecule has 0 radical (unpaired) electrons. The van der Waals surface area contributed by atoms with Crippen molar-refractivity contribution in [2.24, 2.45) is 4.99 Å². The highest BCUT2D eigenvalue weighted by molar-refractivity contribution is 7.99. The van der Waals surface area contributed by atoms with Crippen molar-refractivity contribution in [3.8, 4) is 0 Å². The molecule has 0 amide bonds. The summed E-state index contributed by atoms with van der Waals surface area (Å²) in [4.78, 5) is 4.58. The highest BCUT2D eigenvalue weighted by atomic mass is 32.2. The maximum absolute atomic E-state index is 12.4. The number of ether oxygens (including phenoxy) is 1. The van der Waals surface area contributed by atoms with E-state index in [1.54, 1.807) is 25.2 Å². The van der Waals surface area contributed by atoms with Crippen LogP contribution in [-0.4, -0.2) is 58.7 Å². The molecule has 29 heavy (non-hydrogen) atoms. The van der Waals surface area contributed by atoms with E-state index >= 15 is 0 Å². The quantitative estimate of drug-likeness (QED) is 0.293. The van der Waals surface area contributed by atoms with Gasteiger partial charge < -0.3 is 15.4 Å². The normalized spacial score (nSPS) is 20.4. The van der Waals surface area contributed by atoms with E-state index in [1.807, 2.05) is 17.8 Å². The van der Waals surface area contributed by atoms with Gasteiger partial charge in [0.2, 0.25) is 10.0 Å². The van der Waals surface area contributed by atoms with Crippen LogP contribution >= 0.6 is 11.8 Å². The van der Waals surface area contributed by atoms with E-state index < -0.39 is 10.0 Å². The third-order valence-corrected chi connectivity index (χ3v) is 7.55. The van der Waals surface area contributed by atoms with Gasteiger partial charge >= 0.3 is 0 Å². The third kappa shape index (κ3) is 8.16. The molecule has 164 valence electrons. The predicted molar refractivity (Wildman–Crippen MR) is 121 cm³/mol. The van der Waals surface area contributed by atoms with Gasteiger partial charge in [0.25, 0.3) is 0 Å². The first kappa shape index (κ1) is 24.0. The molecule has 0 saturated heterocycles. The van der Waals surface area contributed by atoms with E-state index in [1.165, 1.54) is 20.0 Å². The van der Waals surface area contributed by atoms with E-state index in [0.717, 1.165) is 35.4 Å². The zero-order chi connectivity index (χ0) is 21.1. The zero-order valence-corrected chi connectivity index (χ0v) is 19.2. The maximum atomic E-state index is 12.4. The molecule has 1 aliphatic carbocycles. The SMILES string of the molecule is CCSC1CCCC(NC(=NC)NCc2cccc(S(=O)(=O)NCCOC)c2)C1. The topological polar surface area (TPSA) is 91.8 Å². The van der Waals surface area contributed by atoms with Crippen molar-refractivity contribution in [2.45, 2.75) is 55.3 Å². The van der Waals surface area contributed by atoms with Crippen LogP contribution in [0.15, 0.2) is 34.2 Å². The average molecular weight is 443 g/mol. The van der Waals surface area contributed by atoms with Crippen LogP contribution in [0.1, 0.15) is 38.2 Å². The van der Waals surface area contributed by atoms with Gasteiger partial charge in [0.1, 0.15) is 0 Å². The second-order valence-corrected chi connectivity index (χ2v) is 10.4. The Morgan fingerprint density at radius 2 is 2.17 bits per heavy atom. The molecule has 0 aliphatic heterocycles. The van der Waals surface area contributed by atoms with Crippen LogP contribution in [0.5, 0.6) is 0 Å². The van der Waals surface area contributed by atoms with Gasteiger partial charge in [-0.25, -0.2) is 13.1 Å². The largest absolute Gasteiger partial charge is 0.383 e. The number of sulfonamides is 1. The minimum atomic E-state index is -3.54. The van der Waals surface area contributed by atoms with Crippen molar-refractivity contribution in [1.82, 2.24) is 15.4 Å². The molecule has 7 nitrogen and oxygen atoms in total. The molecule has 1 saturated carbocycles. The molecule has 3 N–H and O–H groups in total. The predicted octanol–water partition coefficient (Wildman–Crippen LogP) is 2.34. The number of benzene rings is 1. The molecule has 2 rings (SSSR count). The summed E-state index contributed by atoms with van der Waals surface area (Å²) in [6, 6.07) is 7.37. The molecule has 1 aliphatic rings. The first-order valence-corrected chi connectivity index (χ1v) is 12.7. The number of methoxy groups -OCH3 is 1. The second kappa shape index (κ2) is 12.4. The van der Waals surface area contributed by atoms with Crippen molar-refractivity contribution >= 4 is 27.7 Å². The minimum absolute atomic E-state index is 0.247. The number of aliphatic imine (C=N–C) groups is 1. The molecule has 2 atom stereocenters. The van der Waals surface area contributed by atoms with E-state index in [9.17, 15) is 8.42 Å². The van der Waals surface area contributed by atoms with Crippen molar-refractivity contribution in [1.29, 1.82) is 0 Å². The van der Waals surface area contributed by atoms with Gasteiger partial charge in [0, 0.05) is 38.5 Å². The zero-order valence-electron chi connectivity index (χ0n) is 17.6. The summed E-state index contributed by atoms with van der Waals surface area (Å²) >= 11 is 2.04. The number of rotatable bonds is 10. The van der Waals surface area contributed by atoms with Gasteiger partial charge in [0.05, 0.1) is 11.5 Å². The van der Waals surface area contributed by atoms with Crippen molar-refractivity contribution in [3.63, 3.8) is 0 Å². The van der Waals surface area contributed by atoms with Crippen molar-refractivity contribution in [2.75, 3.05) is 33.1 Å². The summed E-state index contributed by atoms with van der Waals surface area (Å²) in [5, 5.41) is 7.55. The van der Waals surface area contributed by atoms with Crippen LogP contribution in [0, 0.1) is 0 Å². The third-order valence-electron chi connectivity index (χ3n) is 4.86. The fraction of sp³-hybridized carbons (Fsp3) is 0.650. The Morgan fingerprint density at radius 3 is 2.90 bits per heavy atom. The van der Waals surface area contributed by atoms with E-state index in [2.05, 4.69) is 27.3 Å². The number of nitrogens with one attached hydrogen (secondary N) is 3.